The lowest BCUT2D eigenvalue weighted by Gasteiger charge is -2.28. The molecule has 1 unspecified atom stereocenters. The Kier molecular flexibility index (Phi) is 4.83. The van der Waals surface area contributed by atoms with Crippen molar-refractivity contribution in [2.45, 2.75) is 25.3 Å². The maximum absolute atomic E-state index is 12.3. The van der Waals surface area contributed by atoms with Crippen LogP contribution in [0.15, 0.2) is 36.5 Å². The average Bonchev–Trinajstić information content (AvgIpc) is 3.26. The van der Waals surface area contributed by atoms with Crippen LogP contribution >= 0.6 is 12.4 Å². The predicted octanol–water partition coefficient (Wildman–Crippen LogP) is 1.55. The van der Waals surface area contributed by atoms with Gasteiger partial charge in [0.05, 0.1) is 17.4 Å². The van der Waals surface area contributed by atoms with Crippen LogP contribution in [0.2, 0.25) is 0 Å². The maximum atomic E-state index is 12.3. The summed E-state index contributed by atoms with van der Waals surface area (Å²) >= 11 is 0. The lowest BCUT2D eigenvalue weighted by molar-refractivity contribution is 0.0892. The minimum atomic E-state index is -0.354. The molecule has 6 nitrogen and oxygen atoms in total. The van der Waals surface area contributed by atoms with Crippen molar-refractivity contribution in [3.63, 3.8) is 0 Å². The maximum Gasteiger partial charge on any atom is 0.273 e. The Morgan fingerprint density at radius 3 is 2.68 bits per heavy atom. The fourth-order valence-electron chi connectivity index (χ4n) is 2.42. The molecule has 7 heteroatoms. The molecule has 1 aliphatic carbocycles. The van der Waals surface area contributed by atoms with Crippen LogP contribution < -0.4 is 11.1 Å². The zero-order chi connectivity index (χ0) is 14.9. The molecule has 0 bridgehead atoms. The molecule has 1 aromatic heterocycles. The molecule has 1 atom stereocenters. The topological polar surface area (TPSA) is 85.8 Å². The lowest BCUT2D eigenvalue weighted by Crippen LogP contribution is -2.53. The number of amides is 1. The fourth-order valence-corrected chi connectivity index (χ4v) is 2.42. The molecule has 118 valence electrons. The number of nitrogens with two attached hydrogens (primary N) is 1. The first-order valence-corrected chi connectivity index (χ1v) is 7.13. The van der Waals surface area contributed by atoms with E-state index in [4.69, 9.17) is 5.73 Å². The molecule has 3 rings (SSSR count). The van der Waals surface area contributed by atoms with Gasteiger partial charge in [0.2, 0.25) is 0 Å². The smallest absolute Gasteiger partial charge is 0.273 e. The third-order valence-electron chi connectivity index (χ3n) is 4.01. The van der Waals surface area contributed by atoms with E-state index in [0.29, 0.717) is 18.2 Å². The van der Waals surface area contributed by atoms with Gasteiger partial charge in [0.25, 0.3) is 5.91 Å². The predicted molar refractivity (Wildman–Crippen MR) is 86.3 cm³/mol. The Morgan fingerprint density at radius 1 is 1.41 bits per heavy atom. The second-order valence-corrected chi connectivity index (χ2v) is 5.70. The Hall–Kier alpha value is -1.92. The van der Waals surface area contributed by atoms with Crippen molar-refractivity contribution in [1.82, 2.24) is 20.3 Å². The molecule has 1 fully saturated rings. The number of carbonyl (C=O) groups is 1. The molecule has 1 saturated carbocycles. The monoisotopic (exact) mass is 321 g/mol. The molecular weight excluding hydrogens is 302 g/mol. The van der Waals surface area contributed by atoms with Crippen molar-refractivity contribution in [3.8, 4) is 5.69 Å². The molecule has 2 aromatic rings. The van der Waals surface area contributed by atoms with Crippen LogP contribution in [-0.4, -0.2) is 33.0 Å². The third-order valence-corrected chi connectivity index (χ3v) is 4.01. The summed E-state index contributed by atoms with van der Waals surface area (Å²) in [5.74, 6) is 0.243. The largest absolute Gasteiger partial charge is 0.344 e. The van der Waals surface area contributed by atoms with Crippen LogP contribution in [0.4, 0.5) is 0 Å². The van der Waals surface area contributed by atoms with Gasteiger partial charge >= 0.3 is 0 Å². The highest BCUT2D eigenvalue weighted by Crippen LogP contribution is 2.39. The summed E-state index contributed by atoms with van der Waals surface area (Å²) in [7, 11) is 0. The Balaban J connectivity index is 0.00000176. The van der Waals surface area contributed by atoms with Gasteiger partial charge in [-0.05, 0) is 37.8 Å². The van der Waals surface area contributed by atoms with Gasteiger partial charge in [-0.1, -0.05) is 18.2 Å². The number of para-hydroxylation sites is 1. The molecule has 0 radical (unpaired) electrons. The average molecular weight is 322 g/mol. The van der Waals surface area contributed by atoms with Gasteiger partial charge in [0, 0.05) is 6.54 Å². The van der Waals surface area contributed by atoms with Crippen molar-refractivity contribution >= 4 is 18.3 Å². The third kappa shape index (κ3) is 3.28. The zero-order valence-electron chi connectivity index (χ0n) is 12.4. The normalized spacial score (nSPS) is 16.5. The number of carbonyl (C=O) groups excluding carboxylic acids is 1. The summed E-state index contributed by atoms with van der Waals surface area (Å²) in [4.78, 5) is 13.8. The second-order valence-electron chi connectivity index (χ2n) is 5.70. The van der Waals surface area contributed by atoms with E-state index in [-0.39, 0.29) is 23.9 Å². The van der Waals surface area contributed by atoms with E-state index < -0.39 is 0 Å². The number of nitrogens with one attached hydrogen (secondary N) is 1. The summed E-state index contributed by atoms with van der Waals surface area (Å²) in [6.07, 6.45) is 3.71. The fraction of sp³-hybridized carbons (Fsp3) is 0.400. The van der Waals surface area contributed by atoms with Crippen LogP contribution in [-0.2, 0) is 0 Å². The van der Waals surface area contributed by atoms with Crippen molar-refractivity contribution in [1.29, 1.82) is 0 Å². The van der Waals surface area contributed by atoms with E-state index in [0.717, 1.165) is 18.5 Å². The van der Waals surface area contributed by atoms with E-state index in [2.05, 4.69) is 15.5 Å². The molecule has 22 heavy (non-hydrogen) atoms. The molecule has 0 saturated heterocycles. The standard InChI is InChI=1S/C15H19N5O.ClH/c1-15(10-16,11-7-8-11)18-14(21)13-9-17-20(19-13)12-5-3-2-4-6-12;/h2-6,9,11H,7-8,10,16H2,1H3,(H,18,21);1H. The Morgan fingerprint density at radius 2 is 2.09 bits per heavy atom. The van der Waals surface area contributed by atoms with Crippen molar-refractivity contribution in [2.75, 3.05) is 6.54 Å². The van der Waals surface area contributed by atoms with E-state index in [1.54, 1.807) is 0 Å². The number of rotatable bonds is 5. The second kappa shape index (κ2) is 6.46. The first kappa shape index (κ1) is 16.5. The number of halogens is 1. The van der Waals surface area contributed by atoms with Gasteiger partial charge in [0.1, 0.15) is 0 Å². The summed E-state index contributed by atoms with van der Waals surface area (Å²) in [6.45, 7) is 2.42. The molecule has 1 heterocycles. The highest BCUT2D eigenvalue weighted by atomic mass is 35.5. The van der Waals surface area contributed by atoms with E-state index in [9.17, 15) is 4.79 Å². The van der Waals surface area contributed by atoms with Crippen LogP contribution in [0.1, 0.15) is 30.3 Å². The van der Waals surface area contributed by atoms with Gasteiger partial charge < -0.3 is 11.1 Å². The number of nitrogens with zero attached hydrogens (tertiary/aromatic N) is 3. The van der Waals surface area contributed by atoms with E-state index >= 15 is 0 Å². The zero-order valence-corrected chi connectivity index (χ0v) is 13.2. The summed E-state index contributed by atoms with van der Waals surface area (Å²) in [6, 6.07) is 9.49. The minimum Gasteiger partial charge on any atom is -0.344 e. The van der Waals surface area contributed by atoms with Gasteiger partial charge in [-0.25, -0.2) is 0 Å². The minimum absolute atomic E-state index is 0. The van der Waals surface area contributed by atoms with Crippen molar-refractivity contribution in [2.24, 2.45) is 11.7 Å². The van der Waals surface area contributed by atoms with Gasteiger partial charge in [-0.2, -0.15) is 9.90 Å². The first-order chi connectivity index (χ1) is 10.1. The summed E-state index contributed by atoms with van der Waals surface area (Å²) in [5, 5.41) is 11.4. The molecule has 1 aliphatic rings. The highest BCUT2D eigenvalue weighted by Gasteiger charge is 2.41. The van der Waals surface area contributed by atoms with Crippen LogP contribution in [0.5, 0.6) is 0 Å². The highest BCUT2D eigenvalue weighted by molar-refractivity contribution is 5.92. The first-order valence-electron chi connectivity index (χ1n) is 7.13. The van der Waals surface area contributed by atoms with Gasteiger partial charge in [0.15, 0.2) is 5.69 Å². The molecule has 3 N–H and O–H groups in total. The molecule has 1 aromatic carbocycles. The SMILES string of the molecule is CC(CN)(NC(=O)c1cnn(-c2ccccc2)n1)C1CC1.Cl. The summed E-state index contributed by atoms with van der Waals surface area (Å²) < 4.78 is 0. The Bertz CT molecular complexity index is 640. The van der Waals surface area contributed by atoms with Gasteiger partial charge in [-0.15, -0.1) is 17.5 Å². The van der Waals surface area contributed by atoms with Crippen molar-refractivity contribution < 1.29 is 4.79 Å². The van der Waals surface area contributed by atoms with Crippen LogP contribution in [0.3, 0.4) is 0 Å². The Labute approximate surface area is 135 Å². The molecule has 1 amide bonds. The van der Waals surface area contributed by atoms with E-state index in [1.165, 1.54) is 11.0 Å². The quantitative estimate of drug-likeness (QED) is 0.874. The number of hydrogen-bond acceptors (Lipinski definition) is 4. The van der Waals surface area contributed by atoms with Crippen LogP contribution in [0, 0.1) is 5.92 Å². The van der Waals surface area contributed by atoms with Crippen LogP contribution in [0.25, 0.3) is 5.69 Å². The van der Waals surface area contributed by atoms with Gasteiger partial charge in [-0.3, -0.25) is 4.79 Å². The summed E-state index contributed by atoms with van der Waals surface area (Å²) in [5.41, 5.74) is 6.59. The molecule has 0 spiro atoms. The number of benzene rings is 1. The lowest BCUT2D eigenvalue weighted by atomic mass is 9.96. The number of aromatic nitrogens is 3. The molecular formula is C15H20ClN5O. The van der Waals surface area contributed by atoms with E-state index in [1.807, 2.05) is 37.3 Å². The van der Waals surface area contributed by atoms with Crippen molar-refractivity contribution in [3.05, 3.63) is 42.2 Å². The molecule has 0 aliphatic heterocycles. The number of hydrogen-bond donors (Lipinski definition) is 2.